The number of amides is 1. The Morgan fingerprint density at radius 2 is 1.88 bits per heavy atom. The van der Waals surface area contributed by atoms with Gasteiger partial charge in [0.05, 0.1) is 18.8 Å². The zero-order valence-corrected chi connectivity index (χ0v) is 24.0. The Kier molecular flexibility index (Phi) is 8.00. The largest absolute Gasteiger partial charge is 0.444 e. The number of benzene rings is 1. The lowest BCUT2D eigenvalue weighted by Gasteiger charge is -2.22. The molecule has 4 aromatic rings. The molecule has 0 saturated carbocycles. The van der Waals surface area contributed by atoms with E-state index in [1.165, 1.54) is 9.13 Å². The predicted molar refractivity (Wildman–Crippen MR) is 156 cm³/mol. The van der Waals surface area contributed by atoms with E-state index in [1.807, 2.05) is 44.2 Å². The minimum Gasteiger partial charge on any atom is -0.444 e. The normalized spacial score (nSPS) is 12.2. The number of imidazole rings is 1. The number of pyridine rings is 1. The molecule has 3 heterocycles. The monoisotopic (exact) mass is 545 g/mol. The Balaban J connectivity index is 1.74. The summed E-state index contributed by atoms with van der Waals surface area (Å²) in [6.45, 7) is 11.3. The highest BCUT2D eigenvalue weighted by molar-refractivity contribution is 5.85. The standard InChI is InChI=1S/C29H35N7O4/c1-8-9-14-35-23-24(33-26(35)30-16-19(3)32-27(38)40-29(4,5)6)34(7)28(39)36(25(23)37)17-22-21-13-11-10-12-20(21)15-18(2)31-22/h10-13,15,19H,14,16-17H2,1-7H3,(H,30,33)(H,32,38)/t19-/m1/s1. The number of nitrogens with zero attached hydrogens (tertiary/aromatic N) is 5. The van der Waals surface area contributed by atoms with Crippen molar-refractivity contribution in [2.75, 3.05) is 11.9 Å². The number of anilines is 1. The van der Waals surface area contributed by atoms with Crippen LogP contribution in [0.4, 0.5) is 10.7 Å². The van der Waals surface area contributed by atoms with E-state index in [0.717, 1.165) is 16.5 Å². The third-order valence-electron chi connectivity index (χ3n) is 6.23. The van der Waals surface area contributed by atoms with Crippen LogP contribution in [0.3, 0.4) is 0 Å². The number of aryl methyl sites for hydroxylation is 2. The summed E-state index contributed by atoms with van der Waals surface area (Å²) < 4.78 is 9.53. The van der Waals surface area contributed by atoms with E-state index in [0.29, 0.717) is 18.2 Å². The molecule has 0 radical (unpaired) electrons. The summed E-state index contributed by atoms with van der Waals surface area (Å²) in [7, 11) is 1.59. The van der Waals surface area contributed by atoms with E-state index < -0.39 is 22.9 Å². The first-order chi connectivity index (χ1) is 18.9. The highest BCUT2D eigenvalue weighted by atomic mass is 16.6. The molecule has 11 nitrogen and oxygen atoms in total. The van der Waals surface area contributed by atoms with E-state index in [9.17, 15) is 14.4 Å². The quantitative estimate of drug-likeness (QED) is 0.342. The van der Waals surface area contributed by atoms with Gasteiger partial charge < -0.3 is 15.4 Å². The Bertz CT molecular complexity index is 1760. The van der Waals surface area contributed by atoms with Gasteiger partial charge in [-0.15, -0.1) is 5.92 Å². The van der Waals surface area contributed by atoms with E-state index in [1.54, 1.807) is 39.3 Å². The number of rotatable bonds is 7. The van der Waals surface area contributed by atoms with Crippen molar-refractivity contribution in [2.45, 2.75) is 66.3 Å². The lowest BCUT2D eigenvalue weighted by Crippen LogP contribution is -2.41. The van der Waals surface area contributed by atoms with Gasteiger partial charge in [-0.25, -0.2) is 9.59 Å². The van der Waals surface area contributed by atoms with Gasteiger partial charge in [-0.3, -0.25) is 23.5 Å². The first-order valence-electron chi connectivity index (χ1n) is 13.1. The van der Waals surface area contributed by atoms with Gasteiger partial charge in [0.15, 0.2) is 11.2 Å². The van der Waals surface area contributed by atoms with Crippen molar-refractivity contribution in [3.8, 4) is 11.8 Å². The van der Waals surface area contributed by atoms with Gasteiger partial charge in [0.1, 0.15) is 5.60 Å². The molecular weight excluding hydrogens is 510 g/mol. The summed E-state index contributed by atoms with van der Waals surface area (Å²) in [5.74, 6) is 6.20. The second kappa shape index (κ2) is 11.3. The lowest BCUT2D eigenvalue weighted by atomic mass is 10.1. The molecule has 2 N–H and O–H groups in total. The van der Waals surface area contributed by atoms with Crippen molar-refractivity contribution in [3.05, 3.63) is 62.6 Å². The number of hydrogen-bond donors (Lipinski definition) is 2. The first-order valence-corrected chi connectivity index (χ1v) is 13.1. The molecule has 40 heavy (non-hydrogen) atoms. The molecule has 1 amide bonds. The SMILES string of the molecule is CC#CCn1c(NC[C@@H](C)NC(=O)OC(C)(C)C)nc2c1c(=O)n(Cc1nc(C)cc3ccccc13)c(=O)n2C. The highest BCUT2D eigenvalue weighted by Gasteiger charge is 2.22. The van der Waals surface area contributed by atoms with E-state index in [2.05, 4.69) is 32.4 Å². The topological polar surface area (TPSA) is 125 Å². The number of alkyl carbamates (subject to hydrolysis) is 1. The van der Waals surface area contributed by atoms with Gasteiger partial charge in [0.25, 0.3) is 5.56 Å². The molecule has 0 aliphatic heterocycles. The number of hydrogen-bond acceptors (Lipinski definition) is 7. The smallest absolute Gasteiger partial charge is 0.407 e. The molecule has 11 heteroatoms. The van der Waals surface area contributed by atoms with Crippen molar-refractivity contribution in [3.63, 3.8) is 0 Å². The highest BCUT2D eigenvalue weighted by Crippen LogP contribution is 2.20. The number of fused-ring (bicyclic) bond motifs is 2. The molecule has 1 aromatic carbocycles. The van der Waals surface area contributed by atoms with Crippen LogP contribution in [-0.4, -0.2) is 48.0 Å². The third-order valence-corrected chi connectivity index (χ3v) is 6.23. The van der Waals surface area contributed by atoms with Gasteiger partial charge >= 0.3 is 11.8 Å². The molecule has 0 spiro atoms. The van der Waals surface area contributed by atoms with Crippen LogP contribution in [-0.2, 0) is 24.9 Å². The molecule has 210 valence electrons. The van der Waals surface area contributed by atoms with Crippen LogP contribution in [0.1, 0.15) is 46.0 Å². The van der Waals surface area contributed by atoms with E-state index in [4.69, 9.17) is 4.74 Å². The molecule has 0 unspecified atom stereocenters. The van der Waals surface area contributed by atoms with E-state index >= 15 is 0 Å². The van der Waals surface area contributed by atoms with Crippen molar-refractivity contribution in [2.24, 2.45) is 7.05 Å². The van der Waals surface area contributed by atoms with Crippen molar-refractivity contribution in [1.29, 1.82) is 0 Å². The molecule has 0 bridgehead atoms. The van der Waals surface area contributed by atoms with Crippen molar-refractivity contribution < 1.29 is 9.53 Å². The Labute approximate surface area is 232 Å². The first kappa shape index (κ1) is 28.4. The minimum absolute atomic E-state index is 0.00782. The zero-order valence-electron chi connectivity index (χ0n) is 24.0. The Hall–Kier alpha value is -4.59. The summed E-state index contributed by atoms with van der Waals surface area (Å²) in [5.41, 5.74) is 0.317. The molecule has 1 atom stereocenters. The van der Waals surface area contributed by atoms with Crippen LogP contribution >= 0.6 is 0 Å². The second-order valence-electron chi connectivity index (χ2n) is 10.7. The fraction of sp³-hybridized carbons (Fsp3) is 0.414. The van der Waals surface area contributed by atoms with Crippen LogP contribution in [0.2, 0.25) is 0 Å². The third kappa shape index (κ3) is 6.01. The van der Waals surface area contributed by atoms with Crippen LogP contribution in [0.15, 0.2) is 39.9 Å². The van der Waals surface area contributed by atoms with Gasteiger partial charge in [-0.2, -0.15) is 4.98 Å². The number of carbonyl (C=O) groups is 1. The van der Waals surface area contributed by atoms with Crippen LogP contribution in [0.25, 0.3) is 21.9 Å². The van der Waals surface area contributed by atoms with Crippen molar-refractivity contribution in [1.82, 2.24) is 29.0 Å². The Morgan fingerprint density at radius 3 is 2.58 bits per heavy atom. The van der Waals surface area contributed by atoms with E-state index in [-0.39, 0.29) is 30.3 Å². The second-order valence-corrected chi connectivity index (χ2v) is 10.7. The molecule has 0 aliphatic rings. The minimum atomic E-state index is -0.616. The summed E-state index contributed by atoms with van der Waals surface area (Å²) in [4.78, 5) is 48.6. The number of nitrogens with one attached hydrogen (secondary N) is 2. The molecular formula is C29H35N7O4. The maximum atomic E-state index is 13.9. The number of aromatic nitrogens is 5. The number of carbonyl (C=O) groups excluding carboxylic acids is 1. The maximum Gasteiger partial charge on any atom is 0.407 e. The molecule has 0 saturated heterocycles. The van der Waals surface area contributed by atoms with Crippen LogP contribution in [0.5, 0.6) is 0 Å². The fourth-order valence-corrected chi connectivity index (χ4v) is 4.45. The lowest BCUT2D eigenvalue weighted by molar-refractivity contribution is 0.0511. The Morgan fingerprint density at radius 1 is 1.15 bits per heavy atom. The molecule has 4 rings (SSSR count). The zero-order chi connectivity index (χ0) is 29.2. The fourth-order valence-electron chi connectivity index (χ4n) is 4.45. The van der Waals surface area contributed by atoms with Gasteiger partial charge in [0.2, 0.25) is 5.95 Å². The summed E-state index contributed by atoms with van der Waals surface area (Å²) in [6.07, 6.45) is -0.533. The maximum absolute atomic E-state index is 13.9. The summed E-state index contributed by atoms with van der Waals surface area (Å²) in [6, 6.07) is 9.41. The van der Waals surface area contributed by atoms with Gasteiger partial charge in [-0.05, 0) is 53.0 Å². The molecule has 0 fully saturated rings. The molecule has 0 aliphatic carbocycles. The molecule has 3 aromatic heterocycles. The average Bonchev–Trinajstić information content (AvgIpc) is 3.24. The summed E-state index contributed by atoms with van der Waals surface area (Å²) >= 11 is 0. The predicted octanol–water partition coefficient (Wildman–Crippen LogP) is 3.15. The number of ether oxygens (including phenoxy) is 1. The van der Waals surface area contributed by atoms with Crippen LogP contribution < -0.4 is 21.9 Å². The van der Waals surface area contributed by atoms with Gasteiger partial charge in [0, 0.05) is 30.7 Å². The van der Waals surface area contributed by atoms with Crippen LogP contribution in [0, 0.1) is 18.8 Å². The average molecular weight is 546 g/mol. The van der Waals surface area contributed by atoms with Gasteiger partial charge in [-0.1, -0.05) is 30.2 Å². The summed E-state index contributed by atoms with van der Waals surface area (Å²) in [5, 5.41) is 7.83. The van der Waals surface area contributed by atoms with Crippen molar-refractivity contribution >= 4 is 34.0 Å².